The summed E-state index contributed by atoms with van der Waals surface area (Å²) < 4.78 is 2.81. The van der Waals surface area contributed by atoms with E-state index < -0.39 is 12.0 Å². The van der Waals surface area contributed by atoms with Crippen molar-refractivity contribution in [1.82, 2.24) is 9.99 Å². The van der Waals surface area contributed by atoms with Gasteiger partial charge in [0.25, 0.3) is 0 Å². The number of aryl methyl sites for hydroxylation is 2. The molecule has 3 aromatic rings. The van der Waals surface area contributed by atoms with Crippen LogP contribution in [0.4, 0.5) is 10.5 Å². The Morgan fingerprint density at radius 1 is 1.13 bits per heavy atom. The van der Waals surface area contributed by atoms with E-state index in [1.54, 1.807) is 12.1 Å². The molecule has 0 radical (unpaired) electrons. The molecule has 9 heteroatoms. The van der Waals surface area contributed by atoms with Crippen LogP contribution in [0.1, 0.15) is 32.9 Å². The number of carbonyl (C=O) groups is 2. The van der Waals surface area contributed by atoms with Gasteiger partial charge in [-0.3, -0.25) is 0 Å². The lowest BCUT2D eigenvalue weighted by Crippen LogP contribution is -2.24. The van der Waals surface area contributed by atoms with Crippen LogP contribution in [-0.4, -0.2) is 27.9 Å². The summed E-state index contributed by atoms with van der Waals surface area (Å²) in [5, 5.41) is 16.4. The number of hydrogen-bond donors (Lipinski definition) is 3. The molecule has 0 saturated heterocycles. The van der Waals surface area contributed by atoms with Crippen LogP contribution in [-0.2, 0) is 0 Å². The maximum absolute atomic E-state index is 12.1. The Labute approximate surface area is 192 Å². The van der Waals surface area contributed by atoms with Gasteiger partial charge in [0.2, 0.25) is 0 Å². The standard InChI is InChI=1S/C22H20BrClN4O3/c1-12-8-17(5-6-18(12)23)26-22(31)27-25-11-16-9-13(2)28(14(16)3)20-10-15(21(29)30)4-7-19(20)24/h4-11H,1-3H3,(H,29,30)(H2,26,27,31)/b25-11+. The third-order valence-electron chi connectivity index (χ3n) is 4.69. The molecular weight excluding hydrogens is 484 g/mol. The van der Waals surface area contributed by atoms with E-state index >= 15 is 0 Å². The third-order valence-corrected chi connectivity index (χ3v) is 5.90. The Morgan fingerprint density at radius 2 is 1.87 bits per heavy atom. The van der Waals surface area contributed by atoms with Crippen molar-refractivity contribution in [3.63, 3.8) is 0 Å². The fourth-order valence-corrected chi connectivity index (χ4v) is 3.60. The maximum Gasteiger partial charge on any atom is 0.339 e. The van der Waals surface area contributed by atoms with Crippen molar-refractivity contribution in [1.29, 1.82) is 0 Å². The van der Waals surface area contributed by atoms with Crippen molar-refractivity contribution in [2.75, 3.05) is 5.32 Å². The van der Waals surface area contributed by atoms with Gasteiger partial charge in [0.15, 0.2) is 0 Å². The van der Waals surface area contributed by atoms with Crippen LogP contribution in [0.2, 0.25) is 5.02 Å². The van der Waals surface area contributed by atoms with Crippen LogP contribution in [0.5, 0.6) is 0 Å². The number of carboxylic acid groups (broad SMARTS) is 1. The molecule has 0 atom stereocenters. The first-order valence-corrected chi connectivity index (χ1v) is 10.4. The minimum Gasteiger partial charge on any atom is -0.478 e. The molecule has 0 fully saturated rings. The Kier molecular flexibility index (Phi) is 6.82. The summed E-state index contributed by atoms with van der Waals surface area (Å²) in [7, 11) is 0. The number of carboxylic acids is 1. The minimum atomic E-state index is -1.03. The van der Waals surface area contributed by atoms with Crippen LogP contribution in [0, 0.1) is 20.8 Å². The lowest BCUT2D eigenvalue weighted by Gasteiger charge is -2.12. The van der Waals surface area contributed by atoms with Gasteiger partial charge in [0.1, 0.15) is 0 Å². The molecule has 0 aliphatic rings. The molecule has 3 N–H and O–H groups in total. The van der Waals surface area contributed by atoms with Crippen LogP contribution in [0.25, 0.3) is 5.69 Å². The Balaban J connectivity index is 1.77. The van der Waals surface area contributed by atoms with Gasteiger partial charge < -0.3 is 15.0 Å². The topological polar surface area (TPSA) is 95.7 Å². The van der Waals surface area contributed by atoms with Gasteiger partial charge in [-0.1, -0.05) is 27.5 Å². The highest BCUT2D eigenvalue weighted by Gasteiger charge is 2.14. The van der Waals surface area contributed by atoms with Crippen molar-refractivity contribution < 1.29 is 14.7 Å². The van der Waals surface area contributed by atoms with Crippen LogP contribution in [0.15, 0.2) is 52.0 Å². The minimum absolute atomic E-state index is 0.142. The quantitative estimate of drug-likeness (QED) is 0.309. The number of aromatic nitrogens is 1. The number of anilines is 1. The van der Waals surface area contributed by atoms with Gasteiger partial charge in [-0.2, -0.15) is 5.10 Å². The van der Waals surface area contributed by atoms with Gasteiger partial charge in [0, 0.05) is 27.1 Å². The smallest absolute Gasteiger partial charge is 0.339 e. The largest absolute Gasteiger partial charge is 0.478 e. The zero-order chi connectivity index (χ0) is 22.7. The van der Waals surface area contributed by atoms with Crippen molar-refractivity contribution >= 4 is 51.4 Å². The van der Waals surface area contributed by atoms with E-state index in [1.807, 2.05) is 43.5 Å². The zero-order valence-electron chi connectivity index (χ0n) is 17.0. The molecule has 0 unspecified atom stereocenters. The van der Waals surface area contributed by atoms with E-state index in [0.29, 0.717) is 16.4 Å². The van der Waals surface area contributed by atoms with Gasteiger partial charge >= 0.3 is 12.0 Å². The number of halogens is 2. The summed E-state index contributed by atoms with van der Waals surface area (Å²) in [6.07, 6.45) is 1.53. The van der Waals surface area contributed by atoms with Crippen molar-refractivity contribution in [3.05, 3.63) is 80.0 Å². The lowest BCUT2D eigenvalue weighted by molar-refractivity contribution is 0.0697. The van der Waals surface area contributed by atoms with Gasteiger partial charge in [-0.15, -0.1) is 0 Å². The van der Waals surface area contributed by atoms with E-state index in [9.17, 15) is 14.7 Å². The molecule has 7 nitrogen and oxygen atoms in total. The zero-order valence-corrected chi connectivity index (χ0v) is 19.4. The highest BCUT2D eigenvalue weighted by atomic mass is 79.9. The highest BCUT2D eigenvalue weighted by Crippen LogP contribution is 2.27. The van der Waals surface area contributed by atoms with Gasteiger partial charge in [-0.25, -0.2) is 15.0 Å². The first kappa shape index (κ1) is 22.6. The molecule has 0 aliphatic carbocycles. The van der Waals surface area contributed by atoms with Crippen LogP contribution < -0.4 is 10.7 Å². The fraction of sp³-hybridized carbons (Fsp3) is 0.136. The molecule has 0 spiro atoms. The summed E-state index contributed by atoms with van der Waals surface area (Å²) in [5.74, 6) is -1.03. The summed E-state index contributed by atoms with van der Waals surface area (Å²) >= 11 is 9.74. The summed E-state index contributed by atoms with van der Waals surface area (Å²) in [6, 6.07) is 11.4. The normalized spacial score (nSPS) is 11.0. The number of nitrogens with zero attached hydrogens (tertiary/aromatic N) is 2. The second-order valence-corrected chi connectivity index (χ2v) is 8.18. The van der Waals surface area contributed by atoms with Gasteiger partial charge in [0.05, 0.1) is 22.5 Å². The van der Waals surface area contributed by atoms with Gasteiger partial charge in [-0.05, 0) is 68.8 Å². The predicted octanol–water partition coefficient (Wildman–Crippen LogP) is 5.67. The first-order chi connectivity index (χ1) is 14.7. The fourth-order valence-electron chi connectivity index (χ4n) is 3.15. The number of benzene rings is 2. The molecule has 0 bridgehead atoms. The molecule has 160 valence electrons. The predicted molar refractivity (Wildman–Crippen MR) is 126 cm³/mol. The molecule has 31 heavy (non-hydrogen) atoms. The second kappa shape index (κ2) is 9.36. The molecule has 0 saturated carbocycles. The molecule has 1 heterocycles. The Bertz CT molecular complexity index is 1200. The summed E-state index contributed by atoms with van der Waals surface area (Å²) in [5.41, 5.74) is 7.20. The number of aromatic carboxylic acids is 1. The molecule has 2 amide bonds. The molecular formula is C22H20BrClN4O3. The molecule has 0 aliphatic heterocycles. The average Bonchev–Trinajstić information content (AvgIpc) is 2.98. The number of amides is 2. The van der Waals surface area contributed by atoms with E-state index in [0.717, 1.165) is 27.0 Å². The van der Waals surface area contributed by atoms with E-state index in [2.05, 4.69) is 31.8 Å². The van der Waals surface area contributed by atoms with Crippen molar-refractivity contribution in [2.24, 2.45) is 5.10 Å². The number of rotatable bonds is 5. The first-order valence-electron chi connectivity index (χ1n) is 9.25. The average molecular weight is 504 g/mol. The highest BCUT2D eigenvalue weighted by molar-refractivity contribution is 9.10. The number of hydrogen-bond acceptors (Lipinski definition) is 3. The Morgan fingerprint density at radius 3 is 2.55 bits per heavy atom. The second-order valence-electron chi connectivity index (χ2n) is 6.92. The maximum atomic E-state index is 12.1. The summed E-state index contributed by atoms with van der Waals surface area (Å²) in [4.78, 5) is 23.4. The summed E-state index contributed by atoms with van der Waals surface area (Å²) in [6.45, 7) is 5.67. The van der Waals surface area contributed by atoms with Crippen molar-refractivity contribution in [3.8, 4) is 5.69 Å². The molecule has 2 aromatic carbocycles. The Hall–Kier alpha value is -3.10. The third kappa shape index (κ3) is 5.15. The molecule has 3 rings (SSSR count). The van der Waals surface area contributed by atoms with Crippen LogP contribution in [0.3, 0.4) is 0 Å². The van der Waals surface area contributed by atoms with Crippen LogP contribution >= 0.6 is 27.5 Å². The lowest BCUT2D eigenvalue weighted by atomic mass is 10.2. The monoisotopic (exact) mass is 502 g/mol. The van der Waals surface area contributed by atoms with E-state index in [4.69, 9.17) is 11.6 Å². The number of hydrazone groups is 1. The number of nitrogens with one attached hydrogen (secondary N) is 2. The van der Waals surface area contributed by atoms with Crippen molar-refractivity contribution in [2.45, 2.75) is 20.8 Å². The van der Waals surface area contributed by atoms with E-state index in [1.165, 1.54) is 18.3 Å². The molecule has 1 aromatic heterocycles. The number of urea groups is 1. The van der Waals surface area contributed by atoms with E-state index in [-0.39, 0.29) is 5.56 Å². The number of carbonyl (C=O) groups excluding carboxylic acids is 1. The SMILES string of the molecule is Cc1cc(NC(=O)N/N=C/c2cc(C)n(-c3cc(C(=O)O)ccc3Cl)c2C)ccc1Br.